The summed E-state index contributed by atoms with van der Waals surface area (Å²) in [4.78, 5) is 9.90. The van der Waals surface area contributed by atoms with E-state index < -0.39 is 0 Å². The van der Waals surface area contributed by atoms with Crippen molar-refractivity contribution in [1.82, 2.24) is 19.9 Å². The second kappa shape index (κ2) is 7.33. The summed E-state index contributed by atoms with van der Waals surface area (Å²) in [6, 6.07) is 2.82. The van der Waals surface area contributed by atoms with Gasteiger partial charge in [-0.3, -0.25) is 0 Å². The van der Waals surface area contributed by atoms with E-state index in [1.807, 2.05) is 11.4 Å². The number of piperidine rings is 2. The van der Waals surface area contributed by atoms with Crippen molar-refractivity contribution in [3.63, 3.8) is 0 Å². The molecule has 0 aromatic carbocycles. The van der Waals surface area contributed by atoms with E-state index in [0.29, 0.717) is 5.92 Å². The Hall–Kier alpha value is -1.24. The molecule has 0 atom stereocenters. The Kier molecular flexibility index (Phi) is 4.96. The molecule has 2 aliphatic heterocycles. The second-order valence-electron chi connectivity index (χ2n) is 6.94. The molecule has 2 aromatic heterocycles. The van der Waals surface area contributed by atoms with Crippen LogP contribution in [0.2, 0.25) is 0 Å². The van der Waals surface area contributed by atoms with Crippen LogP contribution in [0.15, 0.2) is 21.3 Å². The van der Waals surface area contributed by atoms with Crippen LogP contribution in [0.4, 0.5) is 0 Å². The Bertz CT molecular complexity index is 625. The number of rotatable bonds is 4. The maximum atomic E-state index is 5.56. The zero-order chi connectivity index (χ0) is 16.4. The Labute approximate surface area is 147 Å². The number of aromatic nitrogens is 2. The van der Waals surface area contributed by atoms with Gasteiger partial charge >= 0.3 is 0 Å². The molecule has 0 spiro atoms. The van der Waals surface area contributed by atoms with Crippen LogP contribution in [0.1, 0.15) is 44.4 Å². The Morgan fingerprint density at radius 2 is 1.96 bits per heavy atom. The lowest BCUT2D eigenvalue weighted by atomic mass is 9.93. The minimum absolute atomic E-state index is 0.428. The fourth-order valence-corrected chi connectivity index (χ4v) is 4.66. The van der Waals surface area contributed by atoms with Gasteiger partial charge in [0.15, 0.2) is 0 Å². The summed E-state index contributed by atoms with van der Waals surface area (Å²) in [5.74, 6) is 1.99. The first-order chi connectivity index (χ1) is 11.8. The van der Waals surface area contributed by atoms with Crippen LogP contribution >= 0.6 is 11.3 Å². The molecule has 0 aliphatic carbocycles. The van der Waals surface area contributed by atoms with Gasteiger partial charge in [-0.1, -0.05) is 12.1 Å². The Morgan fingerprint density at radius 3 is 2.62 bits per heavy atom. The molecule has 24 heavy (non-hydrogen) atoms. The van der Waals surface area contributed by atoms with E-state index >= 15 is 0 Å². The van der Waals surface area contributed by atoms with Gasteiger partial charge in [0.1, 0.15) is 0 Å². The number of nitrogens with zero attached hydrogens (tertiary/aromatic N) is 4. The third-order valence-corrected chi connectivity index (χ3v) is 6.30. The van der Waals surface area contributed by atoms with Crippen molar-refractivity contribution in [2.75, 3.05) is 32.7 Å². The predicted octanol–water partition coefficient (Wildman–Crippen LogP) is 3.46. The van der Waals surface area contributed by atoms with Crippen molar-refractivity contribution >= 4 is 11.3 Å². The lowest BCUT2D eigenvalue weighted by Crippen LogP contribution is -2.47. The first kappa shape index (κ1) is 16.2. The van der Waals surface area contributed by atoms with Crippen molar-refractivity contribution < 1.29 is 4.52 Å². The summed E-state index contributed by atoms with van der Waals surface area (Å²) in [5, 5.41) is 8.28. The second-order valence-corrected chi connectivity index (χ2v) is 7.72. The van der Waals surface area contributed by atoms with Crippen LogP contribution in [-0.4, -0.2) is 58.7 Å². The lowest BCUT2D eigenvalue weighted by Gasteiger charge is -2.41. The Morgan fingerprint density at radius 1 is 1.17 bits per heavy atom. The molecule has 2 aromatic rings. The minimum Gasteiger partial charge on any atom is -0.339 e. The SMILES string of the molecule is CCN1CCC(N2CCC(c3nc(-c4ccsc4)no3)CC2)CC1. The summed E-state index contributed by atoms with van der Waals surface area (Å²) in [5.41, 5.74) is 1.06. The molecule has 0 saturated carbocycles. The zero-order valence-corrected chi connectivity index (χ0v) is 15.2. The number of likely N-dealkylation sites (tertiary alicyclic amines) is 2. The maximum Gasteiger partial charge on any atom is 0.230 e. The van der Waals surface area contributed by atoms with Gasteiger partial charge in [0.05, 0.1) is 0 Å². The monoisotopic (exact) mass is 346 g/mol. The van der Waals surface area contributed by atoms with E-state index in [1.54, 1.807) is 11.3 Å². The Balaban J connectivity index is 1.32. The van der Waals surface area contributed by atoms with Crippen LogP contribution in [0, 0.1) is 0 Å². The van der Waals surface area contributed by atoms with Gasteiger partial charge in [-0.05, 0) is 69.9 Å². The van der Waals surface area contributed by atoms with Crippen LogP contribution in [0.25, 0.3) is 11.4 Å². The van der Waals surface area contributed by atoms with Crippen LogP contribution in [0.5, 0.6) is 0 Å². The molecule has 0 unspecified atom stereocenters. The summed E-state index contributed by atoms with van der Waals surface area (Å²) in [6.45, 7) is 8.30. The molecule has 6 heteroatoms. The highest BCUT2D eigenvalue weighted by Gasteiger charge is 2.30. The van der Waals surface area contributed by atoms with E-state index in [1.165, 1.54) is 32.5 Å². The smallest absolute Gasteiger partial charge is 0.230 e. The fourth-order valence-electron chi connectivity index (χ4n) is 4.02. The molecule has 2 saturated heterocycles. The topological polar surface area (TPSA) is 45.4 Å². The zero-order valence-electron chi connectivity index (χ0n) is 14.4. The van der Waals surface area contributed by atoms with Crippen LogP contribution in [-0.2, 0) is 0 Å². The molecular formula is C18H26N4OS. The van der Waals surface area contributed by atoms with E-state index in [0.717, 1.165) is 49.3 Å². The van der Waals surface area contributed by atoms with E-state index in [9.17, 15) is 0 Å². The molecule has 0 amide bonds. The fraction of sp³-hybridized carbons (Fsp3) is 0.667. The molecule has 2 fully saturated rings. The minimum atomic E-state index is 0.428. The van der Waals surface area contributed by atoms with E-state index in [4.69, 9.17) is 4.52 Å². The molecule has 0 bridgehead atoms. The molecule has 0 N–H and O–H groups in total. The van der Waals surface area contributed by atoms with Gasteiger partial charge in [0.2, 0.25) is 11.7 Å². The van der Waals surface area contributed by atoms with Crippen molar-refractivity contribution in [3.8, 4) is 11.4 Å². The van der Waals surface area contributed by atoms with Crippen molar-refractivity contribution in [2.24, 2.45) is 0 Å². The molecule has 0 radical (unpaired) electrons. The predicted molar refractivity (Wildman–Crippen MR) is 96.3 cm³/mol. The molecule has 130 valence electrons. The summed E-state index contributed by atoms with van der Waals surface area (Å²) >= 11 is 1.67. The van der Waals surface area contributed by atoms with Gasteiger partial charge in [0, 0.05) is 22.9 Å². The number of hydrogen-bond acceptors (Lipinski definition) is 6. The van der Waals surface area contributed by atoms with Gasteiger partial charge in [-0.2, -0.15) is 16.3 Å². The molecular weight excluding hydrogens is 320 g/mol. The third-order valence-electron chi connectivity index (χ3n) is 5.62. The molecule has 2 aliphatic rings. The quantitative estimate of drug-likeness (QED) is 0.848. The number of hydrogen-bond donors (Lipinski definition) is 0. The highest BCUT2D eigenvalue weighted by atomic mass is 32.1. The highest BCUT2D eigenvalue weighted by molar-refractivity contribution is 7.08. The highest BCUT2D eigenvalue weighted by Crippen LogP contribution is 2.31. The van der Waals surface area contributed by atoms with Gasteiger partial charge in [-0.25, -0.2) is 0 Å². The average molecular weight is 347 g/mol. The van der Waals surface area contributed by atoms with Gasteiger partial charge in [-0.15, -0.1) is 0 Å². The molecule has 4 heterocycles. The summed E-state index contributed by atoms with van der Waals surface area (Å²) in [6.07, 6.45) is 4.92. The first-order valence-electron chi connectivity index (χ1n) is 9.16. The van der Waals surface area contributed by atoms with Crippen LogP contribution < -0.4 is 0 Å². The first-order valence-corrected chi connectivity index (χ1v) is 10.1. The van der Waals surface area contributed by atoms with E-state index in [2.05, 4.69) is 32.2 Å². The van der Waals surface area contributed by atoms with Crippen LogP contribution in [0.3, 0.4) is 0 Å². The molecule has 4 rings (SSSR count). The average Bonchev–Trinajstić information content (AvgIpc) is 3.33. The number of thiophene rings is 1. The standard InChI is InChI=1S/C18H26N4OS/c1-2-21-8-5-16(6-9-21)22-10-3-14(4-11-22)18-19-17(20-23-18)15-7-12-24-13-15/h7,12-14,16H,2-6,8-11H2,1H3. The normalized spacial score (nSPS) is 22.2. The van der Waals surface area contributed by atoms with Crippen molar-refractivity contribution in [2.45, 2.75) is 44.6 Å². The van der Waals surface area contributed by atoms with E-state index in [-0.39, 0.29) is 0 Å². The summed E-state index contributed by atoms with van der Waals surface area (Å²) in [7, 11) is 0. The van der Waals surface area contributed by atoms with Crippen molar-refractivity contribution in [3.05, 3.63) is 22.7 Å². The van der Waals surface area contributed by atoms with Gasteiger partial charge < -0.3 is 14.3 Å². The largest absolute Gasteiger partial charge is 0.339 e. The summed E-state index contributed by atoms with van der Waals surface area (Å²) < 4.78 is 5.56. The van der Waals surface area contributed by atoms with Gasteiger partial charge in [0.25, 0.3) is 0 Å². The maximum absolute atomic E-state index is 5.56. The molecule has 5 nitrogen and oxygen atoms in total. The lowest BCUT2D eigenvalue weighted by molar-refractivity contribution is 0.0855. The third kappa shape index (κ3) is 3.41. The van der Waals surface area contributed by atoms with Crippen molar-refractivity contribution in [1.29, 1.82) is 0 Å².